The molecule has 0 spiro atoms. The number of aliphatic carboxylic acids is 1. The van der Waals surface area contributed by atoms with Gasteiger partial charge in [0.25, 0.3) is 5.91 Å². The minimum absolute atomic E-state index is 0.178. The molecule has 3 N–H and O–H groups in total. The van der Waals surface area contributed by atoms with Gasteiger partial charge in [-0.05, 0) is 24.6 Å². The molecule has 1 atom stereocenters. The van der Waals surface area contributed by atoms with Crippen molar-refractivity contribution >= 4 is 22.8 Å². The first kappa shape index (κ1) is 13.1. The number of H-pyrrole nitrogens is 1. The third-order valence-corrected chi connectivity index (χ3v) is 3.12. The number of benzene rings is 1. The summed E-state index contributed by atoms with van der Waals surface area (Å²) in [5.41, 5.74) is 1.51. The van der Waals surface area contributed by atoms with E-state index < -0.39 is 11.9 Å². The second kappa shape index (κ2) is 5.56. The predicted molar refractivity (Wildman–Crippen MR) is 72.0 cm³/mol. The molecule has 5 heteroatoms. The number of fused-ring (bicyclic) bond motifs is 1. The van der Waals surface area contributed by atoms with E-state index >= 15 is 0 Å². The van der Waals surface area contributed by atoms with Crippen LogP contribution in [0.3, 0.4) is 0 Å². The summed E-state index contributed by atoms with van der Waals surface area (Å²) in [4.78, 5) is 25.8. The van der Waals surface area contributed by atoms with Gasteiger partial charge in [0.05, 0.1) is 5.92 Å². The number of hydrogen-bond acceptors (Lipinski definition) is 2. The van der Waals surface area contributed by atoms with Crippen molar-refractivity contribution < 1.29 is 14.7 Å². The van der Waals surface area contributed by atoms with E-state index in [2.05, 4.69) is 10.3 Å². The summed E-state index contributed by atoms with van der Waals surface area (Å²) in [7, 11) is 0. The number of aromatic amines is 1. The molecular weight excluding hydrogens is 244 g/mol. The number of amides is 1. The Kier molecular flexibility index (Phi) is 3.85. The molecule has 1 aromatic carbocycles. The molecule has 1 heterocycles. The molecule has 100 valence electrons. The van der Waals surface area contributed by atoms with E-state index in [4.69, 9.17) is 5.11 Å². The summed E-state index contributed by atoms with van der Waals surface area (Å²) >= 11 is 0. The maximum Gasteiger partial charge on any atom is 0.306 e. The van der Waals surface area contributed by atoms with Gasteiger partial charge in [-0.25, -0.2) is 0 Å². The van der Waals surface area contributed by atoms with Crippen molar-refractivity contribution in [3.8, 4) is 0 Å². The zero-order chi connectivity index (χ0) is 13.8. The lowest BCUT2D eigenvalue weighted by atomic mass is 10.1. The Morgan fingerprint density at radius 2 is 2.16 bits per heavy atom. The largest absolute Gasteiger partial charge is 0.481 e. The van der Waals surface area contributed by atoms with Gasteiger partial charge in [0, 0.05) is 29.2 Å². The van der Waals surface area contributed by atoms with Crippen molar-refractivity contribution in [3.63, 3.8) is 0 Å². The number of carbonyl (C=O) groups is 2. The van der Waals surface area contributed by atoms with Gasteiger partial charge in [-0.2, -0.15) is 0 Å². The van der Waals surface area contributed by atoms with Gasteiger partial charge in [0.1, 0.15) is 0 Å². The Labute approximate surface area is 110 Å². The summed E-state index contributed by atoms with van der Waals surface area (Å²) < 4.78 is 0. The molecule has 5 nitrogen and oxygen atoms in total. The van der Waals surface area contributed by atoms with Crippen LogP contribution < -0.4 is 5.32 Å². The highest BCUT2D eigenvalue weighted by Crippen LogP contribution is 2.17. The van der Waals surface area contributed by atoms with E-state index in [9.17, 15) is 9.59 Å². The number of hydrogen-bond donors (Lipinski definition) is 3. The van der Waals surface area contributed by atoms with E-state index in [-0.39, 0.29) is 5.91 Å². The third-order valence-electron chi connectivity index (χ3n) is 3.12. The topological polar surface area (TPSA) is 82.2 Å². The zero-order valence-electron chi connectivity index (χ0n) is 10.6. The average Bonchev–Trinajstić information content (AvgIpc) is 2.86. The lowest BCUT2D eigenvalue weighted by molar-refractivity contribution is -0.141. The number of carbonyl (C=O) groups excluding carboxylic acids is 1. The molecule has 0 bridgehead atoms. The second-order valence-electron chi connectivity index (χ2n) is 4.53. The van der Waals surface area contributed by atoms with Crippen molar-refractivity contribution in [2.75, 3.05) is 6.54 Å². The monoisotopic (exact) mass is 260 g/mol. The Bertz CT molecular complexity index is 604. The molecular formula is C14H16N2O3. The van der Waals surface area contributed by atoms with Crippen LogP contribution in [0.15, 0.2) is 30.5 Å². The van der Waals surface area contributed by atoms with Crippen LogP contribution in [0.2, 0.25) is 0 Å². The van der Waals surface area contributed by atoms with E-state index in [1.165, 1.54) is 0 Å². The molecule has 1 unspecified atom stereocenters. The van der Waals surface area contributed by atoms with E-state index in [1.807, 2.05) is 18.2 Å². The summed E-state index contributed by atoms with van der Waals surface area (Å²) in [5, 5.41) is 12.4. The molecule has 2 rings (SSSR count). The number of rotatable bonds is 5. The molecule has 0 aliphatic carbocycles. The number of carboxylic acids is 1. The van der Waals surface area contributed by atoms with Crippen LogP contribution in [-0.2, 0) is 4.79 Å². The van der Waals surface area contributed by atoms with Crippen LogP contribution in [0.1, 0.15) is 23.7 Å². The molecule has 1 aromatic heterocycles. The molecule has 0 saturated carbocycles. The van der Waals surface area contributed by atoms with Gasteiger partial charge in [-0.1, -0.05) is 13.0 Å². The SMILES string of the molecule is CC(CCNC(=O)c1cccc2[nH]ccc12)C(=O)O. The Morgan fingerprint density at radius 3 is 2.89 bits per heavy atom. The number of nitrogens with one attached hydrogen (secondary N) is 2. The molecule has 0 aliphatic heterocycles. The van der Waals surface area contributed by atoms with Gasteiger partial charge in [0.2, 0.25) is 0 Å². The summed E-state index contributed by atoms with van der Waals surface area (Å²) in [6, 6.07) is 7.32. The van der Waals surface area contributed by atoms with Gasteiger partial charge >= 0.3 is 5.97 Å². The number of aromatic nitrogens is 1. The minimum atomic E-state index is -0.845. The van der Waals surface area contributed by atoms with E-state index in [0.717, 1.165) is 10.9 Å². The van der Waals surface area contributed by atoms with Crippen molar-refractivity contribution in [1.29, 1.82) is 0 Å². The van der Waals surface area contributed by atoms with Gasteiger partial charge in [-0.3, -0.25) is 9.59 Å². The highest BCUT2D eigenvalue weighted by molar-refractivity contribution is 6.06. The fourth-order valence-corrected chi connectivity index (χ4v) is 1.90. The van der Waals surface area contributed by atoms with Gasteiger partial charge in [0.15, 0.2) is 0 Å². The Morgan fingerprint density at radius 1 is 1.37 bits per heavy atom. The highest BCUT2D eigenvalue weighted by atomic mass is 16.4. The first-order valence-corrected chi connectivity index (χ1v) is 6.16. The molecule has 2 aromatic rings. The molecule has 0 radical (unpaired) electrons. The van der Waals surface area contributed by atoms with Crippen LogP contribution in [0, 0.1) is 5.92 Å². The standard InChI is InChI=1S/C14H16N2O3/c1-9(14(18)19)5-7-16-13(17)11-3-2-4-12-10(11)6-8-15-12/h2-4,6,8-9,15H,5,7H2,1H3,(H,16,17)(H,18,19). The highest BCUT2D eigenvalue weighted by Gasteiger charge is 2.13. The van der Waals surface area contributed by atoms with Gasteiger partial charge < -0.3 is 15.4 Å². The molecule has 0 saturated heterocycles. The van der Waals surface area contributed by atoms with Crippen LogP contribution in [0.5, 0.6) is 0 Å². The lowest BCUT2D eigenvalue weighted by Crippen LogP contribution is -2.27. The number of carboxylic acid groups (broad SMARTS) is 1. The Balaban J connectivity index is 2.00. The smallest absolute Gasteiger partial charge is 0.306 e. The van der Waals surface area contributed by atoms with Crippen LogP contribution in [-0.4, -0.2) is 28.5 Å². The molecule has 0 fully saturated rings. The minimum Gasteiger partial charge on any atom is -0.481 e. The van der Waals surface area contributed by atoms with Crippen LogP contribution in [0.4, 0.5) is 0 Å². The van der Waals surface area contributed by atoms with Crippen LogP contribution in [0.25, 0.3) is 10.9 Å². The fraction of sp³-hybridized carbons (Fsp3) is 0.286. The fourth-order valence-electron chi connectivity index (χ4n) is 1.90. The van der Waals surface area contributed by atoms with E-state index in [0.29, 0.717) is 18.5 Å². The predicted octanol–water partition coefficient (Wildman–Crippen LogP) is 2.01. The van der Waals surface area contributed by atoms with Crippen molar-refractivity contribution in [2.45, 2.75) is 13.3 Å². The zero-order valence-corrected chi connectivity index (χ0v) is 10.6. The average molecular weight is 260 g/mol. The normalized spacial score (nSPS) is 12.3. The molecule has 0 aliphatic rings. The van der Waals surface area contributed by atoms with Crippen molar-refractivity contribution in [2.24, 2.45) is 5.92 Å². The molecule has 19 heavy (non-hydrogen) atoms. The molecule has 1 amide bonds. The Hall–Kier alpha value is -2.30. The maximum atomic E-state index is 12.0. The van der Waals surface area contributed by atoms with E-state index in [1.54, 1.807) is 19.2 Å². The summed E-state index contributed by atoms with van der Waals surface area (Å²) in [6.07, 6.45) is 2.21. The third kappa shape index (κ3) is 2.93. The first-order chi connectivity index (χ1) is 9.09. The second-order valence-corrected chi connectivity index (χ2v) is 4.53. The summed E-state index contributed by atoms with van der Waals surface area (Å²) in [5.74, 6) is -1.48. The van der Waals surface area contributed by atoms with Crippen molar-refractivity contribution in [1.82, 2.24) is 10.3 Å². The lowest BCUT2D eigenvalue weighted by Gasteiger charge is -2.08. The van der Waals surface area contributed by atoms with Gasteiger partial charge in [-0.15, -0.1) is 0 Å². The summed E-state index contributed by atoms with van der Waals surface area (Å²) in [6.45, 7) is 1.98. The van der Waals surface area contributed by atoms with Crippen LogP contribution >= 0.6 is 0 Å². The maximum absolute atomic E-state index is 12.0. The van der Waals surface area contributed by atoms with Crippen molar-refractivity contribution in [3.05, 3.63) is 36.0 Å². The first-order valence-electron chi connectivity index (χ1n) is 6.16. The quantitative estimate of drug-likeness (QED) is 0.769.